The monoisotopic (exact) mass is 535 g/mol. The van der Waals surface area contributed by atoms with Crippen LogP contribution in [0.25, 0.3) is 33.2 Å². The molecule has 162 valence electrons. The predicted molar refractivity (Wildman–Crippen MR) is 124 cm³/mol. The number of nitrogens with zero attached hydrogens (tertiary/aromatic N) is 1. The molecule has 0 saturated carbocycles. The van der Waals surface area contributed by atoms with Crippen molar-refractivity contribution in [1.82, 2.24) is 0 Å². The van der Waals surface area contributed by atoms with Crippen molar-refractivity contribution in [1.29, 1.82) is 0 Å². The summed E-state index contributed by atoms with van der Waals surface area (Å²) in [4.78, 5) is 0. The minimum absolute atomic E-state index is 0.0698. The standard InChI is InChI=1S/C29H27FIN/c1-5-29(6-2)31-23-16-15-22(30)26-25(23)27-24-19(13-10-14-21(24)28(26,3)4)20(17-32(27)29)18-11-8-7-9-12-18/h7-17H,5-6H2,1-4H3. The first-order chi connectivity index (χ1) is 15.4. The summed E-state index contributed by atoms with van der Waals surface area (Å²) < 4.78 is 19.6. The van der Waals surface area contributed by atoms with E-state index in [4.69, 9.17) is 0 Å². The summed E-state index contributed by atoms with van der Waals surface area (Å²) in [5, 5.41) is 2.59. The van der Waals surface area contributed by atoms with Gasteiger partial charge in [0, 0.05) is 0 Å². The Morgan fingerprint density at radius 1 is 0.906 bits per heavy atom. The predicted octanol–water partition coefficient (Wildman–Crippen LogP) is 3.98. The molecule has 2 aliphatic rings. The van der Waals surface area contributed by atoms with E-state index >= 15 is 4.39 Å². The van der Waals surface area contributed by atoms with Crippen molar-refractivity contribution in [3.63, 3.8) is 0 Å². The zero-order valence-electron chi connectivity index (χ0n) is 19.0. The Morgan fingerprint density at radius 2 is 1.66 bits per heavy atom. The van der Waals surface area contributed by atoms with Crippen molar-refractivity contribution in [2.45, 2.75) is 49.5 Å². The van der Waals surface area contributed by atoms with Crippen LogP contribution in [0.15, 0.2) is 66.9 Å². The normalized spacial score (nSPS) is 17.2. The van der Waals surface area contributed by atoms with Gasteiger partial charge in [-0.15, -0.1) is 0 Å². The molecule has 1 aromatic heterocycles. The van der Waals surface area contributed by atoms with Crippen molar-refractivity contribution in [3.8, 4) is 22.4 Å². The molecule has 1 aliphatic heterocycles. The van der Waals surface area contributed by atoms with Crippen LogP contribution < -0.4 is 25.8 Å². The first-order valence-corrected chi connectivity index (χ1v) is 13.7. The van der Waals surface area contributed by atoms with E-state index in [2.05, 4.69) is 93.1 Å². The fourth-order valence-electron chi connectivity index (χ4n) is 5.91. The Morgan fingerprint density at radius 3 is 2.38 bits per heavy atom. The topological polar surface area (TPSA) is 3.88 Å². The Labute approximate surface area is 199 Å². The van der Waals surface area contributed by atoms with Gasteiger partial charge in [-0.3, -0.25) is 0 Å². The third-order valence-corrected chi connectivity index (χ3v) is 12.1. The van der Waals surface area contributed by atoms with Crippen LogP contribution in [0.2, 0.25) is 0 Å². The van der Waals surface area contributed by atoms with Crippen molar-refractivity contribution in [2.75, 3.05) is 0 Å². The van der Waals surface area contributed by atoms with E-state index in [1.54, 1.807) is 6.07 Å². The first kappa shape index (κ1) is 20.3. The second-order valence-electron chi connectivity index (χ2n) is 9.48. The van der Waals surface area contributed by atoms with Crippen LogP contribution in [-0.2, 0) is 8.96 Å². The van der Waals surface area contributed by atoms with Crippen LogP contribution in [0.1, 0.15) is 51.7 Å². The van der Waals surface area contributed by atoms with Crippen LogP contribution in [0, 0.1) is 9.39 Å². The quantitative estimate of drug-likeness (QED) is 0.212. The van der Waals surface area contributed by atoms with E-state index in [1.807, 2.05) is 0 Å². The number of halogens is 2. The summed E-state index contributed by atoms with van der Waals surface area (Å²) >= 11 is -0.332. The molecule has 4 aromatic rings. The molecule has 2 heterocycles. The van der Waals surface area contributed by atoms with E-state index in [0.717, 1.165) is 18.4 Å². The van der Waals surface area contributed by atoms with Gasteiger partial charge in [0.1, 0.15) is 0 Å². The molecule has 0 fully saturated rings. The zero-order valence-corrected chi connectivity index (χ0v) is 21.1. The summed E-state index contributed by atoms with van der Waals surface area (Å²) in [5.41, 5.74) is 6.70. The van der Waals surface area contributed by atoms with E-state index in [1.165, 1.54) is 42.3 Å². The third kappa shape index (κ3) is 2.46. The number of pyridine rings is 1. The van der Waals surface area contributed by atoms with Gasteiger partial charge < -0.3 is 0 Å². The van der Waals surface area contributed by atoms with Crippen molar-refractivity contribution >= 4 is 10.8 Å². The fraction of sp³-hybridized carbons (Fsp3) is 0.276. The third-order valence-electron chi connectivity index (χ3n) is 7.61. The van der Waals surface area contributed by atoms with Crippen molar-refractivity contribution in [3.05, 3.63) is 87.4 Å². The second-order valence-corrected chi connectivity index (χ2v) is 13.2. The Balaban J connectivity index is 1.89. The molecule has 0 spiro atoms. The molecule has 1 aliphatic carbocycles. The molecule has 32 heavy (non-hydrogen) atoms. The Kier molecular flexibility index (Phi) is 4.36. The van der Waals surface area contributed by atoms with E-state index in [0.29, 0.717) is 0 Å². The van der Waals surface area contributed by atoms with Gasteiger partial charge >= 0.3 is 200 Å². The fourth-order valence-corrected chi connectivity index (χ4v) is 9.55. The average molecular weight is 535 g/mol. The van der Waals surface area contributed by atoms with Crippen LogP contribution in [0.3, 0.4) is 0 Å². The minimum atomic E-state index is -0.378. The molecule has 0 amide bonds. The van der Waals surface area contributed by atoms with Crippen LogP contribution in [-0.4, -0.2) is 0 Å². The number of hydrogen-bond donors (Lipinski definition) is 0. The Hall–Kier alpha value is -2.27. The van der Waals surface area contributed by atoms with Gasteiger partial charge in [0.15, 0.2) is 0 Å². The Bertz CT molecular complexity index is 1400. The van der Waals surface area contributed by atoms with Gasteiger partial charge in [-0.05, 0) is 0 Å². The number of benzene rings is 3. The van der Waals surface area contributed by atoms with E-state index in [9.17, 15) is 0 Å². The van der Waals surface area contributed by atoms with Gasteiger partial charge in [-0.25, -0.2) is 0 Å². The van der Waals surface area contributed by atoms with Gasteiger partial charge in [0.2, 0.25) is 0 Å². The van der Waals surface area contributed by atoms with Gasteiger partial charge in [0.25, 0.3) is 0 Å². The SMILES string of the molecule is CCC1(CC)[I-]c2ccc(F)c3c2-c2c4c(cccc4c(-c4ccccc4)c[n+]21)C3(C)C. The van der Waals surface area contributed by atoms with Crippen LogP contribution in [0.4, 0.5) is 4.39 Å². The maximum absolute atomic E-state index is 15.5. The first-order valence-electron chi connectivity index (χ1n) is 11.5. The molecule has 3 aromatic carbocycles. The van der Waals surface area contributed by atoms with Crippen molar-refractivity contribution in [2.24, 2.45) is 0 Å². The summed E-state index contributed by atoms with van der Waals surface area (Å²) in [6, 6.07) is 21.2. The van der Waals surface area contributed by atoms with Crippen LogP contribution >= 0.6 is 0 Å². The molecular weight excluding hydrogens is 508 g/mol. The summed E-state index contributed by atoms with van der Waals surface area (Å²) in [7, 11) is 0. The summed E-state index contributed by atoms with van der Waals surface area (Å²) in [6.45, 7) is 9.04. The number of hydrogen-bond acceptors (Lipinski definition) is 0. The molecule has 3 heteroatoms. The summed E-state index contributed by atoms with van der Waals surface area (Å²) in [6.07, 6.45) is 4.57. The molecule has 0 bridgehead atoms. The summed E-state index contributed by atoms with van der Waals surface area (Å²) in [5.74, 6) is -0.0698. The number of aromatic nitrogens is 1. The average Bonchev–Trinajstić information content (AvgIpc) is 2.82. The molecule has 0 N–H and O–H groups in total. The maximum atomic E-state index is 15.5. The number of rotatable bonds is 3. The molecule has 6 rings (SSSR count). The van der Waals surface area contributed by atoms with Crippen LogP contribution in [0.5, 0.6) is 0 Å². The molecule has 0 unspecified atom stereocenters. The molecular formula is C29H27FIN. The molecule has 0 atom stereocenters. The second kappa shape index (κ2) is 6.86. The van der Waals surface area contributed by atoms with Gasteiger partial charge in [0.05, 0.1) is 0 Å². The molecule has 0 radical (unpaired) electrons. The van der Waals surface area contributed by atoms with E-state index < -0.39 is 0 Å². The zero-order chi connectivity index (χ0) is 22.3. The van der Waals surface area contributed by atoms with E-state index in [-0.39, 0.29) is 36.0 Å². The van der Waals surface area contributed by atoms with Gasteiger partial charge in [-0.1, -0.05) is 0 Å². The molecule has 1 nitrogen and oxygen atoms in total. The molecule has 0 saturated heterocycles. The van der Waals surface area contributed by atoms with Gasteiger partial charge in [-0.2, -0.15) is 0 Å². The number of alkyl halides is 1. The van der Waals surface area contributed by atoms with Crippen molar-refractivity contribution < 1.29 is 30.2 Å².